The van der Waals surface area contributed by atoms with Crippen molar-refractivity contribution in [2.45, 2.75) is 13.3 Å². The molecule has 0 aromatic rings. The Morgan fingerprint density at radius 3 is 3.08 bits per heavy atom. The second kappa shape index (κ2) is 4.44. The lowest BCUT2D eigenvalue weighted by Gasteiger charge is -2.14. The quantitative estimate of drug-likeness (QED) is 0.666. The molecule has 1 aliphatic rings. The van der Waals surface area contributed by atoms with E-state index in [9.17, 15) is 0 Å². The molecule has 1 rings (SSSR count). The van der Waals surface area contributed by atoms with Crippen LogP contribution in [0.1, 0.15) is 13.3 Å². The summed E-state index contributed by atoms with van der Waals surface area (Å²) in [6.45, 7) is 2.96. The van der Waals surface area contributed by atoms with E-state index in [-0.39, 0.29) is 6.61 Å². The Morgan fingerprint density at radius 1 is 1.75 bits per heavy atom. The predicted octanol–water partition coefficient (Wildman–Crippen LogP) is 1.24. The molecule has 0 saturated heterocycles. The number of hydrogen-bond donors (Lipinski definition) is 1. The van der Waals surface area contributed by atoms with E-state index in [0.29, 0.717) is 6.54 Å². The van der Waals surface area contributed by atoms with Gasteiger partial charge in [-0.05, 0) is 6.92 Å². The summed E-state index contributed by atoms with van der Waals surface area (Å²) in [5.74, 6) is 3.55. The van der Waals surface area contributed by atoms with Crippen LogP contribution in [0.4, 0.5) is 0 Å². The summed E-state index contributed by atoms with van der Waals surface area (Å²) < 4.78 is 0. The highest BCUT2D eigenvalue weighted by Gasteiger charge is 2.17. The van der Waals surface area contributed by atoms with E-state index in [1.54, 1.807) is 11.8 Å². The summed E-state index contributed by atoms with van der Waals surface area (Å²) in [6.07, 6.45) is 5.98. The standard InChI is InChI=1S/C9H13NOS/c1-3-5-10-7-12-9(4-6-11)8(10)2/h1,11H,4-7H2,2H3. The van der Waals surface area contributed by atoms with Gasteiger partial charge in [0.2, 0.25) is 0 Å². The van der Waals surface area contributed by atoms with Gasteiger partial charge in [0, 0.05) is 23.6 Å². The van der Waals surface area contributed by atoms with E-state index < -0.39 is 0 Å². The highest BCUT2D eigenvalue weighted by Crippen LogP contribution is 2.33. The third kappa shape index (κ3) is 1.96. The average molecular weight is 183 g/mol. The number of thioether (sulfide) groups is 1. The second-order valence-electron chi connectivity index (χ2n) is 2.66. The molecule has 0 radical (unpaired) electrons. The Morgan fingerprint density at radius 2 is 2.50 bits per heavy atom. The topological polar surface area (TPSA) is 23.5 Å². The van der Waals surface area contributed by atoms with Gasteiger partial charge < -0.3 is 10.0 Å². The van der Waals surface area contributed by atoms with Gasteiger partial charge in [0.15, 0.2) is 0 Å². The Hall–Kier alpha value is -0.590. The molecule has 66 valence electrons. The maximum atomic E-state index is 8.75. The van der Waals surface area contributed by atoms with E-state index in [4.69, 9.17) is 11.5 Å². The highest BCUT2D eigenvalue weighted by atomic mass is 32.2. The Kier molecular flexibility index (Phi) is 3.51. The first kappa shape index (κ1) is 9.50. The molecule has 0 bridgehead atoms. The fourth-order valence-electron chi connectivity index (χ4n) is 1.16. The number of nitrogens with zero attached hydrogens (tertiary/aromatic N) is 1. The number of aliphatic hydroxyl groups excluding tert-OH is 1. The minimum atomic E-state index is 0.226. The smallest absolute Gasteiger partial charge is 0.0797 e. The van der Waals surface area contributed by atoms with Crippen LogP contribution in [0.2, 0.25) is 0 Å². The van der Waals surface area contributed by atoms with Crippen molar-refractivity contribution >= 4 is 11.8 Å². The Balaban J connectivity index is 2.58. The fraction of sp³-hybridized carbons (Fsp3) is 0.556. The summed E-state index contributed by atoms with van der Waals surface area (Å²) in [5, 5.41) is 8.75. The van der Waals surface area contributed by atoms with Crippen LogP contribution < -0.4 is 0 Å². The minimum Gasteiger partial charge on any atom is -0.396 e. The molecular weight excluding hydrogens is 170 g/mol. The monoisotopic (exact) mass is 183 g/mol. The average Bonchev–Trinajstić information content (AvgIpc) is 2.38. The minimum absolute atomic E-state index is 0.226. The third-order valence-corrected chi connectivity index (χ3v) is 3.18. The molecular formula is C9H13NOS. The van der Waals surface area contributed by atoms with Gasteiger partial charge in [-0.15, -0.1) is 18.2 Å². The molecule has 2 nitrogen and oxygen atoms in total. The zero-order chi connectivity index (χ0) is 8.97. The van der Waals surface area contributed by atoms with E-state index >= 15 is 0 Å². The Bertz CT molecular complexity index is 229. The van der Waals surface area contributed by atoms with E-state index in [1.165, 1.54) is 10.6 Å². The van der Waals surface area contributed by atoms with Crippen LogP contribution in [0.3, 0.4) is 0 Å². The molecule has 0 fully saturated rings. The largest absolute Gasteiger partial charge is 0.396 e. The molecule has 0 spiro atoms. The summed E-state index contributed by atoms with van der Waals surface area (Å²) >= 11 is 1.77. The molecule has 1 aliphatic heterocycles. The van der Waals surface area contributed by atoms with E-state index in [2.05, 4.69) is 17.7 Å². The lowest BCUT2D eigenvalue weighted by atomic mass is 10.3. The fourth-order valence-corrected chi connectivity index (χ4v) is 2.33. The van der Waals surface area contributed by atoms with Crippen molar-refractivity contribution in [3.8, 4) is 12.3 Å². The molecule has 0 amide bonds. The maximum absolute atomic E-state index is 8.75. The lowest BCUT2D eigenvalue weighted by Crippen LogP contribution is -2.17. The van der Waals surface area contributed by atoms with Gasteiger partial charge in [0.1, 0.15) is 0 Å². The van der Waals surface area contributed by atoms with Crippen LogP contribution in [0.5, 0.6) is 0 Å². The number of hydrogen-bond acceptors (Lipinski definition) is 3. The van der Waals surface area contributed by atoms with Crippen molar-refractivity contribution in [2.75, 3.05) is 19.0 Å². The van der Waals surface area contributed by atoms with Gasteiger partial charge in [-0.3, -0.25) is 0 Å². The molecule has 0 atom stereocenters. The van der Waals surface area contributed by atoms with Crippen molar-refractivity contribution in [1.82, 2.24) is 4.90 Å². The van der Waals surface area contributed by atoms with Gasteiger partial charge in [-0.1, -0.05) is 5.92 Å². The molecule has 0 aromatic carbocycles. The SMILES string of the molecule is C#CCN1CSC(CCO)=C1C. The van der Waals surface area contributed by atoms with Gasteiger partial charge >= 0.3 is 0 Å². The number of aliphatic hydroxyl groups is 1. The normalized spacial score (nSPS) is 16.9. The third-order valence-electron chi connectivity index (χ3n) is 1.89. The summed E-state index contributed by atoms with van der Waals surface area (Å²) in [7, 11) is 0. The van der Waals surface area contributed by atoms with E-state index in [1.807, 2.05) is 0 Å². The van der Waals surface area contributed by atoms with Crippen molar-refractivity contribution in [3.05, 3.63) is 10.6 Å². The summed E-state index contributed by atoms with van der Waals surface area (Å²) in [4.78, 5) is 3.42. The van der Waals surface area contributed by atoms with Crippen LogP contribution in [-0.2, 0) is 0 Å². The Labute approximate surface area is 77.6 Å². The molecule has 1 heterocycles. The molecule has 0 aromatic heterocycles. The van der Waals surface area contributed by atoms with Gasteiger partial charge in [-0.25, -0.2) is 0 Å². The predicted molar refractivity (Wildman–Crippen MR) is 52.4 cm³/mol. The van der Waals surface area contributed by atoms with Gasteiger partial charge in [0.05, 0.1) is 12.4 Å². The summed E-state index contributed by atoms with van der Waals surface area (Å²) in [6, 6.07) is 0. The molecule has 3 heteroatoms. The van der Waals surface area contributed by atoms with Crippen LogP contribution in [0, 0.1) is 12.3 Å². The molecule has 0 unspecified atom stereocenters. The first-order chi connectivity index (χ1) is 5.79. The van der Waals surface area contributed by atoms with E-state index in [0.717, 1.165) is 12.3 Å². The highest BCUT2D eigenvalue weighted by molar-refractivity contribution is 8.03. The number of allylic oxidation sites excluding steroid dienone is 1. The molecule has 0 saturated carbocycles. The molecule has 12 heavy (non-hydrogen) atoms. The van der Waals surface area contributed by atoms with Crippen LogP contribution >= 0.6 is 11.8 Å². The first-order valence-electron chi connectivity index (χ1n) is 3.91. The molecule has 1 N–H and O–H groups in total. The zero-order valence-electron chi connectivity index (χ0n) is 7.21. The van der Waals surface area contributed by atoms with Crippen molar-refractivity contribution in [2.24, 2.45) is 0 Å². The molecule has 0 aliphatic carbocycles. The van der Waals surface area contributed by atoms with Crippen LogP contribution in [0.25, 0.3) is 0 Å². The van der Waals surface area contributed by atoms with Crippen molar-refractivity contribution in [1.29, 1.82) is 0 Å². The van der Waals surface area contributed by atoms with Gasteiger partial charge in [0.25, 0.3) is 0 Å². The lowest BCUT2D eigenvalue weighted by molar-refractivity contribution is 0.300. The number of terminal acetylenes is 1. The van der Waals surface area contributed by atoms with Gasteiger partial charge in [-0.2, -0.15) is 0 Å². The maximum Gasteiger partial charge on any atom is 0.0797 e. The van der Waals surface area contributed by atoms with Crippen LogP contribution in [-0.4, -0.2) is 29.0 Å². The van der Waals surface area contributed by atoms with Crippen LogP contribution in [0.15, 0.2) is 10.6 Å². The summed E-state index contributed by atoms with van der Waals surface area (Å²) in [5.41, 5.74) is 1.23. The number of rotatable bonds is 3. The first-order valence-corrected chi connectivity index (χ1v) is 4.90. The van der Waals surface area contributed by atoms with Crippen molar-refractivity contribution < 1.29 is 5.11 Å². The second-order valence-corrected chi connectivity index (χ2v) is 3.70. The van der Waals surface area contributed by atoms with Crippen molar-refractivity contribution in [3.63, 3.8) is 0 Å². The zero-order valence-corrected chi connectivity index (χ0v) is 8.02.